The van der Waals surface area contributed by atoms with E-state index in [9.17, 15) is 0 Å². The number of fused-ring (bicyclic) bond motifs is 2. The van der Waals surface area contributed by atoms with Gasteiger partial charge in [0.15, 0.2) is 0 Å². The van der Waals surface area contributed by atoms with Crippen molar-refractivity contribution in [2.45, 2.75) is 64.7 Å². The van der Waals surface area contributed by atoms with Crippen molar-refractivity contribution in [3.05, 3.63) is 60.2 Å². The largest absolute Gasteiger partial charge is 0.0654 e. The molecular formula is C24H29. The van der Waals surface area contributed by atoms with E-state index in [1.165, 1.54) is 84.9 Å². The van der Waals surface area contributed by atoms with Gasteiger partial charge in [-0.2, -0.15) is 0 Å². The summed E-state index contributed by atoms with van der Waals surface area (Å²) < 4.78 is 0. The lowest BCUT2D eigenvalue weighted by Gasteiger charge is -2.11. The van der Waals surface area contributed by atoms with Crippen LogP contribution in [-0.4, -0.2) is 0 Å². The molecule has 0 heterocycles. The van der Waals surface area contributed by atoms with E-state index in [1.807, 2.05) is 6.07 Å². The van der Waals surface area contributed by atoms with Crippen LogP contribution in [0.15, 0.2) is 48.5 Å². The fourth-order valence-corrected chi connectivity index (χ4v) is 3.75. The van der Waals surface area contributed by atoms with Gasteiger partial charge in [-0.15, -0.1) is 0 Å². The van der Waals surface area contributed by atoms with Crippen molar-refractivity contribution in [2.75, 3.05) is 0 Å². The van der Waals surface area contributed by atoms with Gasteiger partial charge < -0.3 is 0 Å². The van der Waals surface area contributed by atoms with Gasteiger partial charge in [-0.25, -0.2) is 0 Å². The van der Waals surface area contributed by atoms with Gasteiger partial charge in [-0.3, -0.25) is 0 Å². The summed E-state index contributed by atoms with van der Waals surface area (Å²) in [6.45, 7) is 2.28. The third kappa shape index (κ3) is 4.17. The lowest BCUT2D eigenvalue weighted by Crippen LogP contribution is -1.91. The quantitative estimate of drug-likeness (QED) is 0.283. The second-order valence-electron chi connectivity index (χ2n) is 6.95. The summed E-state index contributed by atoms with van der Waals surface area (Å²) >= 11 is 0. The van der Waals surface area contributed by atoms with Gasteiger partial charge >= 0.3 is 0 Å². The zero-order valence-corrected chi connectivity index (χ0v) is 15.0. The molecule has 0 saturated heterocycles. The van der Waals surface area contributed by atoms with Crippen LogP contribution < -0.4 is 0 Å². The summed E-state index contributed by atoms with van der Waals surface area (Å²) in [5.41, 5.74) is 1.53. The first-order valence-corrected chi connectivity index (χ1v) is 9.70. The monoisotopic (exact) mass is 317 g/mol. The Morgan fingerprint density at radius 2 is 1.46 bits per heavy atom. The number of hydrogen-bond donors (Lipinski definition) is 0. The molecule has 0 amide bonds. The van der Waals surface area contributed by atoms with Crippen molar-refractivity contribution in [2.24, 2.45) is 0 Å². The van der Waals surface area contributed by atoms with E-state index in [1.54, 1.807) is 0 Å². The Morgan fingerprint density at radius 3 is 2.29 bits per heavy atom. The molecule has 0 aliphatic rings. The lowest BCUT2D eigenvalue weighted by atomic mass is 9.93. The van der Waals surface area contributed by atoms with Crippen LogP contribution in [0.1, 0.15) is 63.9 Å². The summed E-state index contributed by atoms with van der Waals surface area (Å²) in [5.74, 6) is 0. The van der Waals surface area contributed by atoms with E-state index in [2.05, 4.69) is 55.5 Å². The molecule has 3 aromatic carbocycles. The van der Waals surface area contributed by atoms with Crippen LogP contribution >= 0.6 is 0 Å². The van der Waals surface area contributed by atoms with Gasteiger partial charge in [0.25, 0.3) is 0 Å². The second kappa shape index (κ2) is 8.87. The summed E-state index contributed by atoms with van der Waals surface area (Å²) in [6.07, 6.45) is 12.2. The van der Waals surface area contributed by atoms with Gasteiger partial charge in [0.2, 0.25) is 0 Å². The third-order valence-electron chi connectivity index (χ3n) is 5.10. The van der Waals surface area contributed by atoms with Gasteiger partial charge in [-0.05, 0) is 58.1 Å². The average Bonchev–Trinajstić information content (AvgIpc) is 2.63. The van der Waals surface area contributed by atoms with Crippen LogP contribution in [0, 0.1) is 6.07 Å². The van der Waals surface area contributed by atoms with Crippen LogP contribution in [0.25, 0.3) is 21.5 Å². The second-order valence-corrected chi connectivity index (χ2v) is 6.95. The molecule has 125 valence electrons. The van der Waals surface area contributed by atoms with Crippen LogP contribution in [0.3, 0.4) is 0 Å². The molecule has 3 aromatic rings. The number of hydrogen-bond acceptors (Lipinski definition) is 0. The van der Waals surface area contributed by atoms with Crippen LogP contribution in [0.5, 0.6) is 0 Å². The highest BCUT2D eigenvalue weighted by atomic mass is 14.1. The molecule has 0 saturated carbocycles. The summed E-state index contributed by atoms with van der Waals surface area (Å²) in [6, 6.07) is 20.8. The maximum Gasteiger partial charge on any atom is -0.0145 e. The van der Waals surface area contributed by atoms with Gasteiger partial charge in [0.05, 0.1) is 0 Å². The highest BCUT2D eigenvalue weighted by Gasteiger charge is 2.07. The minimum atomic E-state index is 1.19. The number of rotatable bonds is 9. The Balaban J connectivity index is 1.66. The number of benzene rings is 3. The van der Waals surface area contributed by atoms with E-state index in [4.69, 9.17) is 0 Å². The van der Waals surface area contributed by atoms with Crippen molar-refractivity contribution in [3.8, 4) is 0 Å². The topological polar surface area (TPSA) is 0 Å². The maximum atomic E-state index is 3.23. The van der Waals surface area contributed by atoms with E-state index >= 15 is 0 Å². The van der Waals surface area contributed by atoms with E-state index in [0.717, 1.165) is 0 Å². The predicted octanol–water partition coefficient (Wildman–Crippen LogP) is 7.48. The molecule has 3 rings (SSSR count). The molecule has 0 spiro atoms. The van der Waals surface area contributed by atoms with E-state index < -0.39 is 0 Å². The van der Waals surface area contributed by atoms with Crippen LogP contribution in [0.4, 0.5) is 0 Å². The summed E-state index contributed by atoms with van der Waals surface area (Å²) in [5, 5.41) is 5.53. The zero-order valence-electron chi connectivity index (χ0n) is 15.0. The standard InChI is InChI=1S/C24H29/c1-2-3-4-5-6-7-8-9-18-24-22-16-12-10-14-20(22)19-21-15-11-13-17-23(21)24/h10,12-17,19H,2-9,18H2,1H3. The van der Waals surface area contributed by atoms with Crippen LogP contribution in [-0.2, 0) is 6.42 Å². The minimum absolute atomic E-state index is 1.19. The lowest BCUT2D eigenvalue weighted by molar-refractivity contribution is 0.576. The Morgan fingerprint density at radius 1 is 0.750 bits per heavy atom. The molecule has 0 bridgehead atoms. The average molecular weight is 317 g/mol. The minimum Gasteiger partial charge on any atom is -0.0654 e. The van der Waals surface area contributed by atoms with Gasteiger partial charge in [0, 0.05) is 0 Å². The first kappa shape index (κ1) is 17.0. The van der Waals surface area contributed by atoms with Crippen LogP contribution in [0.2, 0.25) is 0 Å². The van der Waals surface area contributed by atoms with Crippen molar-refractivity contribution >= 4 is 21.5 Å². The predicted molar refractivity (Wildman–Crippen MR) is 107 cm³/mol. The Labute approximate surface area is 146 Å². The molecule has 0 aromatic heterocycles. The highest BCUT2D eigenvalue weighted by Crippen LogP contribution is 2.29. The molecule has 0 fully saturated rings. The molecule has 0 nitrogen and oxygen atoms in total. The molecule has 0 aliphatic carbocycles. The fourth-order valence-electron chi connectivity index (χ4n) is 3.75. The summed E-state index contributed by atoms with van der Waals surface area (Å²) in [7, 11) is 0. The van der Waals surface area contributed by atoms with Crippen molar-refractivity contribution in [3.63, 3.8) is 0 Å². The molecule has 0 atom stereocenters. The zero-order chi connectivity index (χ0) is 16.6. The smallest absolute Gasteiger partial charge is 0.0145 e. The third-order valence-corrected chi connectivity index (χ3v) is 5.10. The first-order valence-electron chi connectivity index (χ1n) is 9.70. The normalized spacial score (nSPS) is 11.4. The van der Waals surface area contributed by atoms with Crippen molar-refractivity contribution in [1.82, 2.24) is 0 Å². The molecule has 0 unspecified atom stereocenters. The summed E-state index contributed by atoms with van der Waals surface area (Å²) in [4.78, 5) is 0. The maximum absolute atomic E-state index is 3.23. The Kier molecular flexibility index (Phi) is 6.29. The first-order chi connectivity index (χ1) is 11.9. The molecule has 0 N–H and O–H groups in total. The van der Waals surface area contributed by atoms with Crippen molar-refractivity contribution < 1.29 is 0 Å². The van der Waals surface area contributed by atoms with Gasteiger partial charge in [-0.1, -0.05) is 88.3 Å². The Bertz CT molecular complexity index is 715. The number of aryl methyl sites for hydroxylation is 1. The Hall–Kier alpha value is -1.82. The number of unbranched alkanes of at least 4 members (excludes halogenated alkanes) is 7. The SMILES string of the molecule is CCCCCCCCCCc1c2cc[c]cc2cc2ccccc12. The molecular weight excluding hydrogens is 288 g/mol. The highest BCUT2D eigenvalue weighted by molar-refractivity contribution is 6.02. The van der Waals surface area contributed by atoms with E-state index in [0.29, 0.717) is 0 Å². The molecule has 0 aliphatic heterocycles. The molecule has 0 heteroatoms. The van der Waals surface area contributed by atoms with Gasteiger partial charge in [0.1, 0.15) is 0 Å². The van der Waals surface area contributed by atoms with Crippen molar-refractivity contribution in [1.29, 1.82) is 0 Å². The molecule has 24 heavy (non-hydrogen) atoms. The van der Waals surface area contributed by atoms with E-state index in [-0.39, 0.29) is 0 Å². The fraction of sp³-hybridized carbons (Fsp3) is 0.417. The molecule has 1 radical (unpaired) electrons.